The Morgan fingerprint density at radius 1 is 1.41 bits per heavy atom. The van der Waals surface area contributed by atoms with Crippen molar-refractivity contribution in [3.8, 4) is 5.88 Å². The molecule has 0 amide bonds. The molecule has 0 bridgehead atoms. The van der Waals surface area contributed by atoms with E-state index in [1.54, 1.807) is 12.3 Å². The highest BCUT2D eigenvalue weighted by atomic mass is 16.5. The second-order valence-electron chi connectivity index (χ2n) is 4.74. The van der Waals surface area contributed by atoms with Gasteiger partial charge >= 0.3 is 0 Å². The van der Waals surface area contributed by atoms with Gasteiger partial charge in [-0.25, -0.2) is 4.98 Å². The van der Waals surface area contributed by atoms with Gasteiger partial charge in [-0.3, -0.25) is 0 Å². The first-order chi connectivity index (χ1) is 7.95. The van der Waals surface area contributed by atoms with Crippen molar-refractivity contribution in [1.29, 1.82) is 0 Å². The van der Waals surface area contributed by atoms with Gasteiger partial charge in [-0.2, -0.15) is 4.98 Å². The highest BCUT2D eigenvalue weighted by Gasteiger charge is 2.21. The van der Waals surface area contributed by atoms with Crippen molar-refractivity contribution < 1.29 is 4.74 Å². The van der Waals surface area contributed by atoms with Crippen LogP contribution in [0.4, 0.5) is 5.95 Å². The van der Waals surface area contributed by atoms with Crippen LogP contribution in [0.15, 0.2) is 12.3 Å². The standard InChI is InChI=1S/C12H22N4O/c1-6-13-11-14-8-7-10(15-11)17-9-12(2,3)16(4)5/h7-8H,6,9H2,1-5H3,(H,13,14,15). The van der Waals surface area contributed by atoms with Crippen molar-refractivity contribution in [2.24, 2.45) is 0 Å². The maximum absolute atomic E-state index is 5.69. The van der Waals surface area contributed by atoms with Gasteiger partial charge in [-0.05, 0) is 34.9 Å². The van der Waals surface area contributed by atoms with Gasteiger partial charge in [-0.1, -0.05) is 0 Å². The SMILES string of the molecule is CCNc1nccc(OCC(C)(C)N(C)C)n1. The first-order valence-corrected chi connectivity index (χ1v) is 5.83. The van der Waals surface area contributed by atoms with Crippen LogP contribution in [0, 0.1) is 0 Å². The summed E-state index contributed by atoms with van der Waals surface area (Å²) in [5.41, 5.74) is -0.0245. The van der Waals surface area contributed by atoms with Crippen LogP contribution in [0.25, 0.3) is 0 Å². The minimum Gasteiger partial charge on any atom is -0.476 e. The molecule has 1 aromatic heterocycles. The molecule has 1 N–H and O–H groups in total. The highest BCUT2D eigenvalue weighted by Crippen LogP contribution is 2.14. The zero-order valence-electron chi connectivity index (χ0n) is 11.3. The fraction of sp³-hybridized carbons (Fsp3) is 0.667. The van der Waals surface area contributed by atoms with E-state index in [1.807, 2.05) is 21.0 Å². The minimum atomic E-state index is -0.0245. The number of anilines is 1. The number of hydrogen-bond acceptors (Lipinski definition) is 5. The summed E-state index contributed by atoms with van der Waals surface area (Å²) in [7, 11) is 4.07. The van der Waals surface area contributed by atoms with E-state index in [4.69, 9.17) is 4.74 Å². The van der Waals surface area contributed by atoms with Gasteiger partial charge in [0, 0.05) is 24.3 Å². The van der Waals surface area contributed by atoms with Crippen LogP contribution in [0.5, 0.6) is 5.88 Å². The Morgan fingerprint density at radius 2 is 2.12 bits per heavy atom. The van der Waals surface area contributed by atoms with Crippen molar-refractivity contribution in [1.82, 2.24) is 14.9 Å². The average Bonchev–Trinajstić information content (AvgIpc) is 2.27. The zero-order chi connectivity index (χ0) is 12.9. The molecular formula is C12H22N4O. The third kappa shape index (κ3) is 4.19. The predicted molar refractivity (Wildman–Crippen MR) is 69.5 cm³/mol. The van der Waals surface area contributed by atoms with Gasteiger partial charge in [0.25, 0.3) is 0 Å². The molecule has 17 heavy (non-hydrogen) atoms. The van der Waals surface area contributed by atoms with E-state index in [0.29, 0.717) is 18.4 Å². The largest absolute Gasteiger partial charge is 0.476 e. The van der Waals surface area contributed by atoms with E-state index < -0.39 is 0 Å². The van der Waals surface area contributed by atoms with Gasteiger partial charge in [0.1, 0.15) is 6.61 Å². The van der Waals surface area contributed by atoms with Crippen molar-refractivity contribution in [2.45, 2.75) is 26.3 Å². The van der Waals surface area contributed by atoms with E-state index in [1.165, 1.54) is 0 Å². The van der Waals surface area contributed by atoms with E-state index in [2.05, 4.69) is 34.0 Å². The second kappa shape index (κ2) is 5.82. The first-order valence-electron chi connectivity index (χ1n) is 5.83. The first kappa shape index (κ1) is 13.7. The molecule has 5 nitrogen and oxygen atoms in total. The van der Waals surface area contributed by atoms with E-state index in [0.717, 1.165) is 6.54 Å². The molecule has 0 unspecified atom stereocenters. The molecule has 0 aliphatic heterocycles. The maximum atomic E-state index is 5.69. The normalized spacial score (nSPS) is 11.6. The molecule has 0 aliphatic carbocycles. The molecular weight excluding hydrogens is 216 g/mol. The van der Waals surface area contributed by atoms with Crippen molar-refractivity contribution in [3.05, 3.63) is 12.3 Å². The molecule has 1 aromatic rings. The molecule has 0 saturated carbocycles. The smallest absolute Gasteiger partial charge is 0.225 e. The summed E-state index contributed by atoms with van der Waals surface area (Å²) in [5, 5.41) is 3.06. The van der Waals surface area contributed by atoms with Crippen molar-refractivity contribution in [3.63, 3.8) is 0 Å². The molecule has 0 radical (unpaired) electrons. The fourth-order valence-electron chi connectivity index (χ4n) is 1.05. The second-order valence-corrected chi connectivity index (χ2v) is 4.74. The Labute approximate surface area is 103 Å². The Bertz CT molecular complexity index is 352. The van der Waals surface area contributed by atoms with Gasteiger partial charge < -0.3 is 15.0 Å². The Hall–Kier alpha value is -1.36. The molecule has 0 saturated heterocycles. The summed E-state index contributed by atoms with van der Waals surface area (Å²) in [5.74, 6) is 1.21. The molecule has 0 atom stereocenters. The summed E-state index contributed by atoms with van der Waals surface area (Å²) in [6.07, 6.45) is 1.70. The predicted octanol–water partition coefficient (Wildman–Crippen LogP) is 1.63. The van der Waals surface area contributed by atoms with Crippen LogP contribution in [-0.2, 0) is 0 Å². The fourth-order valence-corrected chi connectivity index (χ4v) is 1.05. The van der Waals surface area contributed by atoms with E-state index in [-0.39, 0.29) is 5.54 Å². The maximum Gasteiger partial charge on any atom is 0.225 e. The van der Waals surface area contributed by atoms with Gasteiger partial charge in [0.2, 0.25) is 11.8 Å². The van der Waals surface area contributed by atoms with Gasteiger partial charge in [0.15, 0.2) is 0 Å². The molecule has 1 rings (SSSR count). The monoisotopic (exact) mass is 238 g/mol. The average molecular weight is 238 g/mol. The van der Waals surface area contributed by atoms with E-state index in [9.17, 15) is 0 Å². The van der Waals surface area contributed by atoms with Gasteiger partial charge in [0.05, 0.1) is 0 Å². The minimum absolute atomic E-state index is 0.0245. The van der Waals surface area contributed by atoms with Crippen LogP contribution < -0.4 is 10.1 Å². The van der Waals surface area contributed by atoms with Crippen LogP contribution in [-0.4, -0.2) is 47.7 Å². The molecule has 5 heteroatoms. The number of likely N-dealkylation sites (N-methyl/N-ethyl adjacent to an activating group) is 1. The summed E-state index contributed by atoms with van der Waals surface area (Å²) >= 11 is 0. The lowest BCUT2D eigenvalue weighted by molar-refractivity contribution is 0.111. The molecule has 0 aliphatic rings. The Kier molecular flexibility index (Phi) is 4.69. The van der Waals surface area contributed by atoms with Gasteiger partial charge in [-0.15, -0.1) is 0 Å². The Balaban J connectivity index is 2.60. The number of aromatic nitrogens is 2. The van der Waals surface area contributed by atoms with Crippen LogP contribution in [0.2, 0.25) is 0 Å². The summed E-state index contributed by atoms with van der Waals surface area (Å²) < 4.78 is 5.69. The van der Waals surface area contributed by atoms with Crippen LogP contribution >= 0.6 is 0 Å². The zero-order valence-corrected chi connectivity index (χ0v) is 11.3. The lowest BCUT2D eigenvalue weighted by atomic mass is 10.1. The lowest BCUT2D eigenvalue weighted by Gasteiger charge is -2.31. The van der Waals surface area contributed by atoms with E-state index >= 15 is 0 Å². The van der Waals surface area contributed by atoms with Crippen LogP contribution in [0.1, 0.15) is 20.8 Å². The molecule has 1 heterocycles. The number of hydrogen-bond donors (Lipinski definition) is 1. The molecule has 96 valence electrons. The third-order valence-corrected chi connectivity index (χ3v) is 2.75. The topological polar surface area (TPSA) is 50.3 Å². The third-order valence-electron chi connectivity index (χ3n) is 2.75. The summed E-state index contributed by atoms with van der Waals surface area (Å²) in [6, 6.07) is 1.77. The number of nitrogens with zero attached hydrogens (tertiary/aromatic N) is 3. The summed E-state index contributed by atoms with van der Waals surface area (Å²) in [6.45, 7) is 7.64. The number of ether oxygens (including phenoxy) is 1. The number of rotatable bonds is 6. The molecule has 0 spiro atoms. The molecule has 0 aromatic carbocycles. The molecule has 0 fully saturated rings. The number of nitrogens with one attached hydrogen (secondary N) is 1. The highest BCUT2D eigenvalue weighted by molar-refractivity contribution is 5.26. The Morgan fingerprint density at radius 3 is 2.71 bits per heavy atom. The van der Waals surface area contributed by atoms with Crippen molar-refractivity contribution >= 4 is 5.95 Å². The van der Waals surface area contributed by atoms with Crippen molar-refractivity contribution in [2.75, 3.05) is 32.6 Å². The quantitative estimate of drug-likeness (QED) is 0.816. The summed E-state index contributed by atoms with van der Waals surface area (Å²) in [4.78, 5) is 10.5. The lowest BCUT2D eigenvalue weighted by Crippen LogP contribution is -2.43. The van der Waals surface area contributed by atoms with Crippen LogP contribution in [0.3, 0.4) is 0 Å².